The predicted molar refractivity (Wildman–Crippen MR) is 246 cm³/mol. The molecule has 0 aliphatic carbocycles. The van der Waals surface area contributed by atoms with Crippen molar-refractivity contribution in [3.05, 3.63) is 194 Å². The highest BCUT2D eigenvalue weighted by molar-refractivity contribution is 7.99. The lowest BCUT2D eigenvalue weighted by Gasteiger charge is -2.21. The van der Waals surface area contributed by atoms with Crippen LogP contribution in [0.5, 0.6) is 0 Å². The first-order chi connectivity index (χ1) is 29.8. The molecule has 0 saturated carbocycles. The van der Waals surface area contributed by atoms with Crippen molar-refractivity contribution in [1.82, 2.24) is 28.7 Å². The summed E-state index contributed by atoms with van der Waals surface area (Å²) in [5.74, 6) is 1.86. The van der Waals surface area contributed by atoms with Crippen LogP contribution in [0.1, 0.15) is 0 Å². The monoisotopic (exact) mass is 784 g/mol. The van der Waals surface area contributed by atoms with Gasteiger partial charge in [0.1, 0.15) is 5.65 Å². The first-order valence-corrected chi connectivity index (χ1v) is 20.9. The minimum absolute atomic E-state index is 0.617. The van der Waals surface area contributed by atoms with Gasteiger partial charge < -0.3 is 4.57 Å². The van der Waals surface area contributed by atoms with E-state index >= 15 is 0 Å². The molecule has 60 heavy (non-hydrogen) atoms. The van der Waals surface area contributed by atoms with E-state index in [1.54, 1.807) is 0 Å². The maximum absolute atomic E-state index is 5.28. The van der Waals surface area contributed by atoms with E-state index in [2.05, 4.69) is 190 Å². The topological polar surface area (TPSA) is 53.5 Å². The Morgan fingerprint density at radius 3 is 1.68 bits per heavy atom. The van der Waals surface area contributed by atoms with Crippen molar-refractivity contribution in [2.24, 2.45) is 0 Å². The number of aromatic nitrogens is 6. The van der Waals surface area contributed by atoms with Gasteiger partial charge in [-0.2, -0.15) is 0 Å². The molecule has 8 aromatic carbocycles. The molecule has 0 unspecified atom stereocenters. The second kappa shape index (κ2) is 12.9. The van der Waals surface area contributed by atoms with Gasteiger partial charge in [-0.1, -0.05) is 145 Å². The summed E-state index contributed by atoms with van der Waals surface area (Å²) in [6, 6.07) is 68.8. The summed E-state index contributed by atoms with van der Waals surface area (Å²) in [6.45, 7) is 0. The molecule has 0 N–H and O–H groups in total. The number of rotatable bonds is 5. The molecule has 12 aromatic rings. The van der Waals surface area contributed by atoms with Crippen molar-refractivity contribution in [3.8, 4) is 51.2 Å². The van der Waals surface area contributed by atoms with Gasteiger partial charge in [0, 0.05) is 64.8 Å². The van der Waals surface area contributed by atoms with Crippen molar-refractivity contribution >= 4 is 66.4 Å². The van der Waals surface area contributed by atoms with Crippen LogP contribution in [0.2, 0.25) is 0 Å². The number of para-hydroxylation sites is 5. The molecular weight excluding hydrogens is 753 g/mol. The van der Waals surface area contributed by atoms with Crippen molar-refractivity contribution in [3.63, 3.8) is 0 Å². The van der Waals surface area contributed by atoms with Gasteiger partial charge in [-0.05, 0) is 60.7 Å². The third-order valence-electron chi connectivity index (χ3n) is 11.9. The van der Waals surface area contributed by atoms with E-state index in [1.165, 1.54) is 47.9 Å². The average molecular weight is 785 g/mol. The molecule has 0 saturated heterocycles. The zero-order chi connectivity index (χ0) is 39.3. The minimum Gasteiger partial charge on any atom is -0.309 e. The summed E-state index contributed by atoms with van der Waals surface area (Å²) in [6.07, 6.45) is 0. The Bertz CT molecular complexity index is 3640. The first-order valence-electron chi connectivity index (χ1n) is 20.1. The lowest BCUT2D eigenvalue weighted by molar-refractivity contribution is 1.03. The standard InChI is InChI=1S/C53H32N6S/c1-3-15-33(16-4-1)50-54-51(34-17-13-20-37(31-34)57-42-24-9-7-21-38(42)39-22-8-10-25-43(39)57)56-52(55-50)35-29-30-40-45(32-35)58(36-18-5-2-6-19-36)53-48(40)41-23-14-28-47-49(41)59(53)44-26-11-12-27-46(44)60-47/h1-32H. The maximum atomic E-state index is 5.28. The van der Waals surface area contributed by atoms with Crippen molar-refractivity contribution in [2.45, 2.75) is 9.79 Å². The molecule has 13 rings (SSSR count). The summed E-state index contributed by atoms with van der Waals surface area (Å²) >= 11 is 1.85. The summed E-state index contributed by atoms with van der Waals surface area (Å²) < 4.78 is 7.22. The van der Waals surface area contributed by atoms with E-state index < -0.39 is 0 Å². The summed E-state index contributed by atoms with van der Waals surface area (Å²) in [5.41, 5.74) is 11.9. The lowest BCUT2D eigenvalue weighted by Crippen LogP contribution is -2.05. The van der Waals surface area contributed by atoms with Crippen LogP contribution in [0, 0.1) is 0 Å². The van der Waals surface area contributed by atoms with E-state index in [1.807, 2.05) is 30.0 Å². The van der Waals surface area contributed by atoms with E-state index in [9.17, 15) is 0 Å². The van der Waals surface area contributed by atoms with Crippen LogP contribution in [-0.4, -0.2) is 28.7 Å². The molecule has 0 spiro atoms. The van der Waals surface area contributed by atoms with Gasteiger partial charge in [-0.3, -0.25) is 9.13 Å². The zero-order valence-corrected chi connectivity index (χ0v) is 32.9. The van der Waals surface area contributed by atoms with Crippen molar-refractivity contribution in [2.75, 3.05) is 0 Å². The number of hydrogen-bond donors (Lipinski definition) is 0. The third-order valence-corrected chi connectivity index (χ3v) is 13.0. The fraction of sp³-hybridized carbons (Fsp3) is 0. The van der Waals surface area contributed by atoms with Crippen LogP contribution in [-0.2, 0) is 0 Å². The summed E-state index contributed by atoms with van der Waals surface area (Å²) in [4.78, 5) is 18.1. The quantitative estimate of drug-likeness (QED) is 0.174. The Hall–Kier alpha value is -7.74. The number of nitrogens with zero attached hydrogens (tertiary/aromatic N) is 6. The van der Waals surface area contributed by atoms with Crippen molar-refractivity contribution < 1.29 is 0 Å². The molecule has 0 radical (unpaired) electrons. The van der Waals surface area contributed by atoms with Crippen LogP contribution in [0.3, 0.4) is 0 Å². The molecule has 0 fully saturated rings. The highest BCUT2D eigenvalue weighted by Gasteiger charge is 2.28. The highest BCUT2D eigenvalue weighted by atomic mass is 32.2. The molecular formula is C53H32N6S. The Balaban J connectivity index is 1.05. The van der Waals surface area contributed by atoms with Crippen LogP contribution in [0.4, 0.5) is 0 Å². The van der Waals surface area contributed by atoms with Crippen LogP contribution < -0.4 is 0 Å². The van der Waals surface area contributed by atoms with Crippen LogP contribution in [0.25, 0.3) is 106 Å². The fourth-order valence-electron chi connectivity index (χ4n) is 9.29. The second-order valence-electron chi connectivity index (χ2n) is 15.3. The maximum Gasteiger partial charge on any atom is 0.164 e. The Morgan fingerprint density at radius 2 is 0.917 bits per heavy atom. The molecule has 1 aliphatic heterocycles. The lowest BCUT2D eigenvalue weighted by atomic mass is 10.1. The SMILES string of the molecule is c1ccc(-c2nc(-c3cccc(-n4c5ccccc5c5ccccc54)c3)nc(-c3ccc4c5c6cccc7c6n(c5n(-c5ccccc5)c4c3)-c3ccccc3S7)n2)cc1. The van der Waals surface area contributed by atoms with E-state index in [-0.39, 0.29) is 0 Å². The van der Waals surface area contributed by atoms with Crippen molar-refractivity contribution in [1.29, 1.82) is 0 Å². The molecule has 1 aliphatic rings. The molecule has 5 heterocycles. The average Bonchev–Trinajstić information content (AvgIpc) is 3.96. The van der Waals surface area contributed by atoms with E-state index in [4.69, 9.17) is 15.0 Å². The summed E-state index contributed by atoms with van der Waals surface area (Å²) in [5, 5.41) is 6.11. The molecule has 280 valence electrons. The van der Waals surface area contributed by atoms with Gasteiger partial charge in [0.05, 0.1) is 27.8 Å². The van der Waals surface area contributed by atoms with E-state index in [0.29, 0.717) is 17.5 Å². The normalized spacial score (nSPS) is 12.3. The van der Waals surface area contributed by atoms with Gasteiger partial charge in [0.25, 0.3) is 0 Å². The first kappa shape index (κ1) is 33.3. The largest absolute Gasteiger partial charge is 0.309 e. The third kappa shape index (κ3) is 4.87. The molecule has 0 atom stereocenters. The van der Waals surface area contributed by atoms with Crippen LogP contribution in [0.15, 0.2) is 204 Å². The Labute approximate surface area is 348 Å². The Kier molecular flexibility index (Phi) is 7.14. The number of hydrogen-bond acceptors (Lipinski definition) is 4. The summed E-state index contributed by atoms with van der Waals surface area (Å²) in [7, 11) is 0. The van der Waals surface area contributed by atoms with E-state index in [0.717, 1.165) is 50.3 Å². The molecule has 6 nitrogen and oxygen atoms in total. The molecule has 0 bridgehead atoms. The second-order valence-corrected chi connectivity index (χ2v) is 16.3. The van der Waals surface area contributed by atoms with Gasteiger partial charge in [-0.15, -0.1) is 0 Å². The van der Waals surface area contributed by atoms with Gasteiger partial charge in [0.2, 0.25) is 0 Å². The highest BCUT2D eigenvalue weighted by Crippen LogP contribution is 2.49. The van der Waals surface area contributed by atoms with Crippen LogP contribution >= 0.6 is 11.8 Å². The Morgan fingerprint density at radius 1 is 0.350 bits per heavy atom. The molecule has 0 amide bonds. The fourth-order valence-corrected chi connectivity index (χ4v) is 10.4. The molecule has 4 aromatic heterocycles. The minimum atomic E-state index is 0.617. The molecule has 7 heteroatoms. The van der Waals surface area contributed by atoms with Gasteiger partial charge >= 0.3 is 0 Å². The number of fused-ring (bicyclic) bond motifs is 10. The smallest absolute Gasteiger partial charge is 0.164 e. The zero-order valence-electron chi connectivity index (χ0n) is 32.1. The predicted octanol–water partition coefficient (Wildman–Crippen LogP) is 13.5. The van der Waals surface area contributed by atoms with Gasteiger partial charge in [-0.25, -0.2) is 15.0 Å². The number of benzene rings is 8. The van der Waals surface area contributed by atoms with Gasteiger partial charge in [0.15, 0.2) is 17.5 Å².